The molecule has 17 nitrogen and oxygen atoms in total. The number of nitrogen functional groups attached to an aromatic ring is 1. The van der Waals surface area contributed by atoms with Crippen LogP contribution < -0.4 is 11.1 Å². The normalized spacial score (nSPS) is 18.7. The molecule has 1 unspecified atom stereocenters. The number of nitrogens with one attached hydrogen (secondary N) is 1. The Morgan fingerprint density at radius 3 is 2.76 bits per heavy atom. The van der Waals surface area contributed by atoms with Gasteiger partial charge in [-0.05, 0) is 36.8 Å². The minimum absolute atomic E-state index is 0.0477. The number of aliphatic carboxylic acids is 1. The number of oxime groups is 1. The molecule has 4 heterocycles. The summed E-state index contributed by atoms with van der Waals surface area (Å²) in [6.45, 7) is 8.47. The van der Waals surface area contributed by atoms with Crippen molar-refractivity contribution in [3.63, 3.8) is 0 Å². The van der Waals surface area contributed by atoms with Gasteiger partial charge in [-0.2, -0.15) is 9.36 Å². The summed E-state index contributed by atoms with van der Waals surface area (Å²) in [4.78, 5) is 60.6. The minimum Gasteiger partial charge on any atom is -0.477 e. The number of β-lactam (4-membered cyclic amide) rings is 1. The van der Waals surface area contributed by atoms with Crippen molar-refractivity contribution in [2.45, 2.75) is 49.5 Å². The fourth-order valence-corrected chi connectivity index (χ4v) is 6.53. The molecule has 0 bridgehead atoms. The Bertz CT molecular complexity index is 1460. The monoisotopic (exact) mass is 638 g/mol. The number of carbonyl (C=O) groups excluding carboxylic acids is 3. The lowest BCUT2D eigenvalue weighted by atomic mass is 10.0. The maximum Gasteiger partial charge on any atom is 0.352 e. The second kappa shape index (κ2) is 12.9. The molecule has 2 aromatic rings. The number of anilines is 1. The third kappa shape index (κ3) is 7.05. The molecular weight excluding hydrogens is 613 g/mol. The molecule has 0 spiro atoms. The number of carbonyl (C=O) groups is 4. The Kier molecular flexibility index (Phi) is 9.46. The van der Waals surface area contributed by atoms with Gasteiger partial charge in [0.1, 0.15) is 22.7 Å². The van der Waals surface area contributed by atoms with E-state index in [1.807, 2.05) is 0 Å². The first kappa shape index (κ1) is 30.9. The molecule has 2 atom stereocenters. The second-order valence-electron chi connectivity index (χ2n) is 9.60. The number of nitrogens with zero attached hydrogens (tertiary/aromatic N) is 8. The van der Waals surface area contributed by atoms with Gasteiger partial charge in [0.15, 0.2) is 5.13 Å². The number of amides is 2. The van der Waals surface area contributed by atoms with Gasteiger partial charge in [-0.15, -0.1) is 23.4 Å². The summed E-state index contributed by atoms with van der Waals surface area (Å²) in [7, 11) is 0. The molecule has 4 N–H and O–H groups in total. The van der Waals surface area contributed by atoms with Gasteiger partial charge < -0.3 is 25.7 Å². The molecule has 2 aliphatic rings. The first-order valence-electron chi connectivity index (χ1n) is 12.1. The fourth-order valence-electron chi connectivity index (χ4n) is 3.73. The van der Waals surface area contributed by atoms with Gasteiger partial charge >= 0.3 is 11.9 Å². The fraction of sp³-hybridized carbons (Fsp3) is 0.455. The molecule has 0 aromatic carbocycles. The lowest BCUT2D eigenvalue weighted by Gasteiger charge is -2.49. The van der Waals surface area contributed by atoms with Crippen molar-refractivity contribution in [3.8, 4) is 0 Å². The Labute approximate surface area is 251 Å². The summed E-state index contributed by atoms with van der Waals surface area (Å²) in [6, 6.07) is -1.07. The molecule has 0 radical (unpaired) electrons. The Morgan fingerprint density at radius 2 is 2.12 bits per heavy atom. The summed E-state index contributed by atoms with van der Waals surface area (Å²) in [5, 5.41) is 27.4. The van der Waals surface area contributed by atoms with Gasteiger partial charge in [0.05, 0.1) is 6.54 Å². The highest BCUT2D eigenvalue weighted by Crippen LogP contribution is 2.41. The highest BCUT2D eigenvalue weighted by Gasteiger charge is 2.54. The molecule has 20 heteroatoms. The van der Waals surface area contributed by atoms with E-state index in [0.29, 0.717) is 17.3 Å². The average molecular weight is 639 g/mol. The van der Waals surface area contributed by atoms with Gasteiger partial charge in [-0.3, -0.25) is 14.5 Å². The number of carboxylic acids is 1. The zero-order chi connectivity index (χ0) is 30.6. The van der Waals surface area contributed by atoms with Gasteiger partial charge in [0.25, 0.3) is 11.8 Å². The van der Waals surface area contributed by atoms with Crippen LogP contribution in [0.3, 0.4) is 0 Å². The SMILES string of the molecule is C=CCn1nnnc1SCC1=C(C(=O)O)N2C(=O)C(NC(=O)C(=NOCC(=O)OC(C)(C)C)c3nsc(N)n3)[C@@H]2SC1. The minimum atomic E-state index is -1.28. The molecule has 0 aliphatic carbocycles. The Balaban J connectivity index is 1.46. The number of aromatic nitrogens is 6. The molecule has 2 aromatic heterocycles. The zero-order valence-corrected chi connectivity index (χ0v) is 25.0. The molecule has 1 fully saturated rings. The Morgan fingerprint density at radius 1 is 1.36 bits per heavy atom. The largest absolute Gasteiger partial charge is 0.477 e. The van der Waals surface area contributed by atoms with E-state index in [1.165, 1.54) is 28.2 Å². The predicted molar refractivity (Wildman–Crippen MR) is 151 cm³/mol. The number of carboxylic acid groups (broad SMARTS) is 1. The van der Waals surface area contributed by atoms with Crippen LogP contribution in [0.1, 0.15) is 26.6 Å². The summed E-state index contributed by atoms with van der Waals surface area (Å²) in [5.74, 6) is -3.18. The predicted octanol–water partition coefficient (Wildman–Crippen LogP) is -0.114. The van der Waals surface area contributed by atoms with Crippen molar-refractivity contribution in [1.29, 1.82) is 0 Å². The zero-order valence-electron chi connectivity index (χ0n) is 22.5. The van der Waals surface area contributed by atoms with Gasteiger partial charge in [0, 0.05) is 23.0 Å². The van der Waals surface area contributed by atoms with Crippen molar-refractivity contribution in [3.05, 3.63) is 29.7 Å². The standard InChI is InChI=1S/C22H26N10O7S3/c1-5-6-31-21(26-29-30-31)41-9-10-8-40-18-13(17(35)32(18)14(10)19(36)37)24-16(34)12(15-25-20(23)42-28-15)27-38-7-11(33)39-22(2,3)4/h5,13,18H,1,6-9H2,2-4H3,(H,24,34)(H,36,37)(H2,23,25,28)/t13?,18-/m0/s1. The number of nitrogens with two attached hydrogens (primary N) is 1. The quantitative estimate of drug-likeness (QED) is 0.0687. The van der Waals surface area contributed by atoms with Crippen molar-refractivity contribution in [2.75, 3.05) is 23.8 Å². The number of allylic oxidation sites excluding steroid dienone is 1. The summed E-state index contributed by atoms with van der Waals surface area (Å²) < 4.78 is 10.6. The van der Waals surface area contributed by atoms with Crippen LogP contribution in [0, 0.1) is 0 Å². The van der Waals surface area contributed by atoms with Gasteiger partial charge in [-0.25, -0.2) is 14.3 Å². The van der Waals surface area contributed by atoms with E-state index in [2.05, 4.69) is 41.9 Å². The average Bonchev–Trinajstić information content (AvgIpc) is 3.55. The highest BCUT2D eigenvalue weighted by molar-refractivity contribution is 8.01. The maximum absolute atomic E-state index is 13.2. The Hall–Kier alpha value is -4.04. The first-order chi connectivity index (χ1) is 19.9. The van der Waals surface area contributed by atoms with E-state index in [-0.39, 0.29) is 28.2 Å². The number of fused-ring (bicyclic) bond motifs is 1. The number of tetrazole rings is 1. The van der Waals surface area contributed by atoms with Crippen LogP contribution in [-0.2, 0) is 35.3 Å². The van der Waals surface area contributed by atoms with E-state index >= 15 is 0 Å². The number of rotatable bonds is 12. The first-order valence-corrected chi connectivity index (χ1v) is 14.9. The van der Waals surface area contributed by atoms with Crippen LogP contribution in [0.15, 0.2) is 34.2 Å². The molecular formula is C22H26N10O7S3. The number of esters is 1. The maximum atomic E-state index is 13.2. The van der Waals surface area contributed by atoms with Crippen molar-refractivity contribution in [1.82, 2.24) is 39.8 Å². The highest BCUT2D eigenvalue weighted by atomic mass is 32.2. The van der Waals surface area contributed by atoms with E-state index in [1.54, 1.807) is 26.8 Å². The van der Waals surface area contributed by atoms with Gasteiger partial charge in [-0.1, -0.05) is 23.0 Å². The third-order valence-electron chi connectivity index (χ3n) is 5.34. The van der Waals surface area contributed by atoms with E-state index in [9.17, 15) is 24.3 Å². The topological polar surface area (TPSA) is 230 Å². The van der Waals surface area contributed by atoms with E-state index in [4.69, 9.17) is 15.3 Å². The van der Waals surface area contributed by atoms with E-state index < -0.39 is 53.1 Å². The second-order valence-corrected chi connectivity index (χ2v) is 12.4. The number of thioether (sulfide) groups is 2. The van der Waals surface area contributed by atoms with Crippen LogP contribution >= 0.6 is 35.1 Å². The molecule has 2 aliphatic heterocycles. The molecule has 4 rings (SSSR count). The van der Waals surface area contributed by atoms with Crippen LogP contribution in [0.5, 0.6) is 0 Å². The number of hydrogen-bond donors (Lipinski definition) is 3. The number of hydrogen-bond acceptors (Lipinski definition) is 16. The lowest BCUT2D eigenvalue weighted by molar-refractivity contribution is -0.160. The molecule has 42 heavy (non-hydrogen) atoms. The molecule has 1 saturated heterocycles. The number of ether oxygens (including phenoxy) is 1. The summed E-state index contributed by atoms with van der Waals surface area (Å²) in [5.41, 5.74) is 4.80. The summed E-state index contributed by atoms with van der Waals surface area (Å²) >= 11 is 3.32. The van der Waals surface area contributed by atoms with Crippen molar-refractivity contribution >= 4 is 69.7 Å². The summed E-state index contributed by atoms with van der Waals surface area (Å²) in [6.07, 6.45) is 1.62. The molecule has 0 saturated carbocycles. The van der Waals surface area contributed by atoms with Crippen LogP contribution in [0.2, 0.25) is 0 Å². The smallest absolute Gasteiger partial charge is 0.352 e. The van der Waals surface area contributed by atoms with Crippen LogP contribution in [0.4, 0.5) is 5.13 Å². The van der Waals surface area contributed by atoms with Crippen molar-refractivity contribution in [2.24, 2.45) is 5.16 Å². The van der Waals surface area contributed by atoms with Crippen LogP contribution in [-0.4, -0.2) is 104 Å². The molecule has 2 amide bonds. The van der Waals surface area contributed by atoms with E-state index in [0.717, 1.165) is 16.4 Å². The lowest BCUT2D eigenvalue weighted by Crippen LogP contribution is -2.71. The van der Waals surface area contributed by atoms with Crippen molar-refractivity contribution < 1.29 is 33.9 Å². The molecule has 224 valence electrons. The third-order valence-corrected chi connectivity index (χ3v) is 8.27. The van der Waals surface area contributed by atoms with Gasteiger partial charge in [0.2, 0.25) is 23.3 Å². The van der Waals surface area contributed by atoms with Crippen LogP contribution in [0.25, 0.3) is 0 Å².